The van der Waals surface area contributed by atoms with Crippen LogP contribution in [0.4, 0.5) is 5.69 Å². The molecule has 5 heteroatoms. The molecule has 0 saturated heterocycles. The monoisotopic (exact) mass is 327 g/mol. The summed E-state index contributed by atoms with van der Waals surface area (Å²) in [6, 6.07) is 19.4. The summed E-state index contributed by atoms with van der Waals surface area (Å²) in [7, 11) is 0. The first-order valence-electron chi connectivity index (χ1n) is 7.86. The topological polar surface area (TPSA) is 78.1 Å². The fourth-order valence-electron chi connectivity index (χ4n) is 2.89. The number of aromatic nitrogens is 2. The number of nitrogens with zero attached hydrogens (tertiary/aromatic N) is 2. The van der Waals surface area contributed by atoms with Crippen molar-refractivity contribution >= 4 is 27.9 Å². The Kier molecular flexibility index (Phi) is 2.87. The number of nitrogens with two attached hydrogens (primary N) is 1. The van der Waals surface area contributed by atoms with Gasteiger partial charge < -0.3 is 14.6 Å². The molecule has 25 heavy (non-hydrogen) atoms. The van der Waals surface area contributed by atoms with E-state index in [0.29, 0.717) is 11.6 Å². The van der Waals surface area contributed by atoms with Gasteiger partial charge in [0, 0.05) is 11.3 Å². The van der Waals surface area contributed by atoms with Gasteiger partial charge in [-0.05, 0) is 59.7 Å². The molecule has 0 spiro atoms. The second-order valence-corrected chi connectivity index (χ2v) is 5.86. The maximum absolute atomic E-state index is 5.86. The van der Waals surface area contributed by atoms with Gasteiger partial charge in [0.2, 0.25) is 5.89 Å². The van der Waals surface area contributed by atoms with E-state index < -0.39 is 0 Å². The minimum atomic E-state index is 0.583. The van der Waals surface area contributed by atoms with E-state index in [1.165, 1.54) is 6.39 Å². The van der Waals surface area contributed by atoms with Crippen LogP contribution in [-0.4, -0.2) is 9.97 Å². The molecule has 0 bridgehead atoms. The SMILES string of the molecule is Nc1ccc(-c2nc3cc(-c4ccc5ocnc5c4)ccc3o2)cc1. The van der Waals surface area contributed by atoms with Crippen molar-refractivity contribution in [1.29, 1.82) is 0 Å². The summed E-state index contributed by atoms with van der Waals surface area (Å²) < 4.78 is 11.2. The number of nitrogen functional groups attached to an aromatic ring is 1. The number of hydrogen-bond donors (Lipinski definition) is 1. The van der Waals surface area contributed by atoms with Crippen molar-refractivity contribution in [3.8, 4) is 22.6 Å². The van der Waals surface area contributed by atoms with Crippen molar-refractivity contribution in [3.05, 3.63) is 67.1 Å². The van der Waals surface area contributed by atoms with Gasteiger partial charge in [-0.25, -0.2) is 9.97 Å². The fraction of sp³-hybridized carbons (Fsp3) is 0. The van der Waals surface area contributed by atoms with Crippen LogP contribution in [0.5, 0.6) is 0 Å². The third kappa shape index (κ3) is 2.33. The smallest absolute Gasteiger partial charge is 0.227 e. The number of rotatable bonds is 2. The Balaban J connectivity index is 1.60. The summed E-state index contributed by atoms with van der Waals surface area (Å²) in [5.41, 5.74) is 12.6. The first-order valence-corrected chi connectivity index (χ1v) is 7.86. The summed E-state index contributed by atoms with van der Waals surface area (Å²) >= 11 is 0. The van der Waals surface area contributed by atoms with E-state index in [4.69, 9.17) is 14.6 Å². The van der Waals surface area contributed by atoms with Crippen molar-refractivity contribution in [3.63, 3.8) is 0 Å². The zero-order valence-corrected chi connectivity index (χ0v) is 13.1. The largest absolute Gasteiger partial charge is 0.443 e. The minimum absolute atomic E-state index is 0.583. The van der Waals surface area contributed by atoms with Crippen molar-refractivity contribution in [2.75, 3.05) is 5.73 Å². The van der Waals surface area contributed by atoms with E-state index in [2.05, 4.69) is 9.97 Å². The highest BCUT2D eigenvalue weighted by Crippen LogP contribution is 2.30. The summed E-state index contributed by atoms with van der Waals surface area (Å²) in [6.45, 7) is 0. The third-order valence-electron chi connectivity index (χ3n) is 4.21. The molecule has 0 aliphatic carbocycles. The molecule has 0 saturated carbocycles. The molecule has 2 heterocycles. The number of fused-ring (bicyclic) bond motifs is 2. The lowest BCUT2D eigenvalue weighted by Gasteiger charge is -2.00. The van der Waals surface area contributed by atoms with E-state index in [-0.39, 0.29) is 0 Å². The lowest BCUT2D eigenvalue weighted by Crippen LogP contribution is -1.83. The van der Waals surface area contributed by atoms with Gasteiger partial charge in [0.05, 0.1) is 0 Å². The van der Waals surface area contributed by atoms with E-state index in [1.54, 1.807) is 0 Å². The number of hydrogen-bond acceptors (Lipinski definition) is 5. The molecule has 0 fully saturated rings. The Morgan fingerprint density at radius 3 is 2.20 bits per heavy atom. The van der Waals surface area contributed by atoms with Crippen LogP contribution >= 0.6 is 0 Å². The summed E-state index contributed by atoms with van der Waals surface area (Å²) in [5, 5.41) is 0. The van der Waals surface area contributed by atoms with Crippen molar-refractivity contribution in [2.45, 2.75) is 0 Å². The van der Waals surface area contributed by atoms with Crippen LogP contribution in [0.2, 0.25) is 0 Å². The molecule has 2 N–H and O–H groups in total. The van der Waals surface area contributed by atoms with E-state index in [9.17, 15) is 0 Å². The molecule has 0 atom stereocenters. The molecule has 0 aliphatic rings. The summed E-state index contributed by atoms with van der Waals surface area (Å²) in [6.07, 6.45) is 1.45. The lowest BCUT2D eigenvalue weighted by molar-refractivity contribution is 0.602. The van der Waals surface area contributed by atoms with E-state index in [1.807, 2.05) is 60.7 Å². The Morgan fingerprint density at radius 2 is 1.40 bits per heavy atom. The molecule has 0 radical (unpaired) electrons. The first kappa shape index (κ1) is 13.8. The molecule has 120 valence electrons. The van der Waals surface area contributed by atoms with Crippen LogP contribution < -0.4 is 5.73 Å². The van der Waals surface area contributed by atoms with Gasteiger partial charge in [-0.2, -0.15) is 0 Å². The normalized spacial score (nSPS) is 11.4. The molecular weight excluding hydrogens is 314 g/mol. The van der Waals surface area contributed by atoms with Gasteiger partial charge in [0.1, 0.15) is 11.0 Å². The minimum Gasteiger partial charge on any atom is -0.443 e. The van der Waals surface area contributed by atoms with Crippen LogP contribution in [0.15, 0.2) is 75.9 Å². The maximum Gasteiger partial charge on any atom is 0.227 e. The Morgan fingerprint density at radius 1 is 0.720 bits per heavy atom. The fourth-order valence-corrected chi connectivity index (χ4v) is 2.89. The Labute approximate surface area is 142 Å². The quantitative estimate of drug-likeness (QED) is 0.467. The van der Waals surface area contributed by atoms with Crippen molar-refractivity contribution < 1.29 is 8.83 Å². The number of oxazole rings is 2. The Hall–Kier alpha value is -3.60. The lowest BCUT2D eigenvalue weighted by atomic mass is 10.0. The van der Waals surface area contributed by atoms with Crippen LogP contribution in [0.25, 0.3) is 44.8 Å². The number of benzene rings is 3. The Bertz CT molecular complexity index is 1200. The van der Waals surface area contributed by atoms with Crippen LogP contribution in [0, 0.1) is 0 Å². The zero-order chi connectivity index (χ0) is 16.8. The maximum atomic E-state index is 5.86. The molecule has 0 unspecified atom stereocenters. The average Bonchev–Trinajstić information content (AvgIpc) is 3.27. The van der Waals surface area contributed by atoms with Crippen molar-refractivity contribution in [1.82, 2.24) is 9.97 Å². The standard InChI is InChI=1S/C20H13N3O2/c21-15-5-1-12(2-6-15)20-23-17-10-14(4-8-19(17)25-20)13-3-7-18-16(9-13)22-11-24-18/h1-11H,21H2. The third-order valence-corrected chi connectivity index (χ3v) is 4.21. The van der Waals surface area contributed by atoms with E-state index in [0.717, 1.165) is 38.9 Å². The molecule has 3 aromatic carbocycles. The predicted molar refractivity (Wildman–Crippen MR) is 96.9 cm³/mol. The van der Waals surface area contributed by atoms with Gasteiger partial charge in [0.25, 0.3) is 0 Å². The average molecular weight is 327 g/mol. The molecule has 5 rings (SSSR count). The first-order chi connectivity index (χ1) is 12.3. The van der Waals surface area contributed by atoms with Crippen LogP contribution in [0.1, 0.15) is 0 Å². The highest BCUT2D eigenvalue weighted by molar-refractivity contribution is 5.85. The van der Waals surface area contributed by atoms with Gasteiger partial charge in [-0.3, -0.25) is 0 Å². The van der Waals surface area contributed by atoms with Crippen molar-refractivity contribution in [2.24, 2.45) is 0 Å². The molecule has 5 aromatic rings. The molecular formula is C20H13N3O2. The van der Waals surface area contributed by atoms with E-state index >= 15 is 0 Å². The second kappa shape index (κ2) is 5.21. The van der Waals surface area contributed by atoms with Crippen LogP contribution in [0.3, 0.4) is 0 Å². The summed E-state index contributed by atoms with van der Waals surface area (Å²) in [4.78, 5) is 8.82. The molecule has 0 aliphatic heterocycles. The molecule has 2 aromatic heterocycles. The number of anilines is 1. The zero-order valence-electron chi connectivity index (χ0n) is 13.1. The summed E-state index contributed by atoms with van der Waals surface area (Å²) in [5.74, 6) is 0.583. The molecule has 0 amide bonds. The second-order valence-electron chi connectivity index (χ2n) is 5.86. The van der Waals surface area contributed by atoms with Gasteiger partial charge in [-0.1, -0.05) is 12.1 Å². The highest BCUT2D eigenvalue weighted by atomic mass is 16.3. The highest BCUT2D eigenvalue weighted by Gasteiger charge is 2.10. The van der Waals surface area contributed by atoms with Gasteiger partial charge in [-0.15, -0.1) is 0 Å². The van der Waals surface area contributed by atoms with Gasteiger partial charge in [0.15, 0.2) is 17.6 Å². The van der Waals surface area contributed by atoms with Crippen LogP contribution in [-0.2, 0) is 0 Å². The predicted octanol–water partition coefficient (Wildman–Crippen LogP) is 4.89. The molecule has 5 nitrogen and oxygen atoms in total. The van der Waals surface area contributed by atoms with Gasteiger partial charge >= 0.3 is 0 Å².